The van der Waals surface area contributed by atoms with Crippen LogP contribution in [0.15, 0.2) is 29.8 Å². The van der Waals surface area contributed by atoms with Gasteiger partial charge >= 0.3 is 0 Å². The quantitative estimate of drug-likeness (QED) is 0.937. The van der Waals surface area contributed by atoms with Crippen molar-refractivity contribution in [2.24, 2.45) is 0 Å². The summed E-state index contributed by atoms with van der Waals surface area (Å²) in [5, 5.41) is 5.18. The largest absolute Gasteiger partial charge is 0.357 e. The molecule has 1 atom stereocenters. The van der Waals surface area contributed by atoms with E-state index in [4.69, 9.17) is 0 Å². The summed E-state index contributed by atoms with van der Waals surface area (Å²) in [4.78, 5) is 12.8. The van der Waals surface area contributed by atoms with Gasteiger partial charge < -0.3 is 5.32 Å². The Morgan fingerprint density at radius 1 is 1.40 bits per heavy atom. The molecule has 0 aliphatic carbocycles. The molecule has 5 heteroatoms. The first-order valence-corrected chi connectivity index (χ1v) is 8.02. The van der Waals surface area contributed by atoms with Crippen molar-refractivity contribution in [3.8, 4) is 0 Å². The summed E-state index contributed by atoms with van der Waals surface area (Å²) in [5.74, 6) is 0.712. The third kappa shape index (κ3) is 2.99. The van der Waals surface area contributed by atoms with Crippen LogP contribution in [0.1, 0.15) is 35.9 Å². The van der Waals surface area contributed by atoms with Gasteiger partial charge in [0.05, 0.1) is 11.7 Å². The molecule has 0 bridgehead atoms. The third-order valence-corrected chi connectivity index (χ3v) is 4.66. The molecule has 3 heterocycles. The summed E-state index contributed by atoms with van der Waals surface area (Å²) in [5.41, 5.74) is 1.14. The molecular weight excluding hydrogens is 268 g/mol. The Labute approximate surface area is 123 Å². The second kappa shape index (κ2) is 6.33. The lowest BCUT2D eigenvalue weighted by atomic mass is 9.99. The highest BCUT2D eigenvalue weighted by atomic mass is 32.1. The lowest BCUT2D eigenvalue weighted by Crippen LogP contribution is -2.33. The van der Waals surface area contributed by atoms with Crippen LogP contribution in [0.4, 0.5) is 5.95 Å². The summed E-state index contributed by atoms with van der Waals surface area (Å²) in [6.07, 6.45) is 5.61. The Morgan fingerprint density at radius 3 is 3.15 bits per heavy atom. The minimum atomic E-state index is 0.418. The summed E-state index contributed by atoms with van der Waals surface area (Å²) < 4.78 is 0. The van der Waals surface area contributed by atoms with Gasteiger partial charge in [-0.25, -0.2) is 9.97 Å². The number of hydrogen-bond acceptors (Lipinski definition) is 5. The van der Waals surface area contributed by atoms with E-state index in [-0.39, 0.29) is 0 Å². The van der Waals surface area contributed by atoms with Crippen LogP contribution in [0.5, 0.6) is 0 Å². The molecule has 0 saturated carbocycles. The van der Waals surface area contributed by atoms with E-state index in [1.54, 1.807) is 0 Å². The Hall–Kier alpha value is -1.46. The standard InChI is InChI=1S/C15H20N4S/c1-16-15-17-8-7-13(18-15)14-6-2-3-9-19(14)11-12-5-4-10-20-12/h4-5,7-8,10,14H,2-3,6,9,11H2,1H3,(H,16,17,18). The Kier molecular flexibility index (Phi) is 4.28. The van der Waals surface area contributed by atoms with Crippen LogP contribution in [0.2, 0.25) is 0 Å². The van der Waals surface area contributed by atoms with Crippen LogP contribution in [0, 0.1) is 0 Å². The third-order valence-electron chi connectivity index (χ3n) is 3.79. The molecule has 1 saturated heterocycles. The molecule has 1 N–H and O–H groups in total. The molecule has 106 valence electrons. The molecule has 0 spiro atoms. The van der Waals surface area contributed by atoms with E-state index in [9.17, 15) is 0 Å². The van der Waals surface area contributed by atoms with E-state index < -0.39 is 0 Å². The number of hydrogen-bond donors (Lipinski definition) is 1. The maximum absolute atomic E-state index is 4.63. The van der Waals surface area contributed by atoms with Crippen LogP contribution in [0.3, 0.4) is 0 Å². The fourth-order valence-corrected chi connectivity index (χ4v) is 3.53. The molecule has 1 fully saturated rings. The molecule has 1 aliphatic heterocycles. The highest BCUT2D eigenvalue weighted by Crippen LogP contribution is 2.31. The maximum Gasteiger partial charge on any atom is 0.222 e. The van der Waals surface area contributed by atoms with Crippen molar-refractivity contribution in [2.75, 3.05) is 18.9 Å². The number of thiophene rings is 1. The van der Waals surface area contributed by atoms with Gasteiger partial charge in [-0.1, -0.05) is 12.5 Å². The van der Waals surface area contributed by atoms with Crippen LogP contribution < -0.4 is 5.32 Å². The molecule has 2 aromatic rings. The average molecular weight is 288 g/mol. The van der Waals surface area contributed by atoms with Crippen molar-refractivity contribution >= 4 is 17.3 Å². The van der Waals surface area contributed by atoms with Crippen molar-refractivity contribution in [1.29, 1.82) is 0 Å². The molecule has 0 amide bonds. The predicted molar refractivity (Wildman–Crippen MR) is 82.9 cm³/mol. The van der Waals surface area contributed by atoms with Crippen LogP contribution >= 0.6 is 11.3 Å². The predicted octanol–water partition coefficient (Wildman–Crippen LogP) is 3.31. The van der Waals surface area contributed by atoms with Crippen LogP contribution in [-0.4, -0.2) is 28.5 Å². The molecule has 3 rings (SSSR count). The first-order valence-electron chi connectivity index (χ1n) is 7.14. The molecule has 1 unspecified atom stereocenters. The minimum Gasteiger partial charge on any atom is -0.357 e. The van der Waals surface area contributed by atoms with Crippen LogP contribution in [-0.2, 0) is 6.54 Å². The van der Waals surface area contributed by atoms with Crippen molar-refractivity contribution in [2.45, 2.75) is 31.8 Å². The SMILES string of the molecule is CNc1nccc(C2CCCCN2Cc2cccs2)n1. The van der Waals surface area contributed by atoms with Gasteiger partial charge in [-0.15, -0.1) is 11.3 Å². The van der Waals surface area contributed by atoms with E-state index in [1.807, 2.05) is 24.6 Å². The van der Waals surface area contributed by atoms with Gasteiger partial charge in [0.2, 0.25) is 5.95 Å². The maximum atomic E-state index is 4.63. The number of nitrogens with zero attached hydrogens (tertiary/aromatic N) is 3. The first-order chi connectivity index (χ1) is 9.86. The monoisotopic (exact) mass is 288 g/mol. The fraction of sp³-hybridized carbons (Fsp3) is 0.467. The number of likely N-dealkylation sites (tertiary alicyclic amines) is 1. The summed E-state index contributed by atoms with van der Waals surface area (Å²) in [6.45, 7) is 2.18. The number of aromatic nitrogens is 2. The second-order valence-electron chi connectivity index (χ2n) is 5.12. The zero-order valence-electron chi connectivity index (χ0n) is 11.7. The number of rotatable bonds is 4. The van der Waals surface area contributed by atoms with E-state index in [0.29, 0.717) is 12.0 Å². The van der Waals surface area contributed by atoms with Gasteiger partial charge in [0, 0.05) is 24.7 Å². The zero-order chi connectivity index (χ0) is 13.8. The topological polar surface area (TPSA) is 41.1 Å². The number of nitrogens with one attached hydrogen (secondary N) is 1. The molecule has 20 heavy (non-hydrogen) atoms. The van der Waals surface area contributed by atoms with Crippen molar-refractivity contribution in [1.82, 2.24) is 14.9 Å². The minimum absolute atomic E-state index is 0.418. The van der Waals surface area contributed by atoms with E-state index in [0.717, 1.165) is 18.8 Å². The summed E-state index contributed by atoms with van der Waals surface area (Å²) in [7, 11) is 1.86. The zero-order valence-corrected chi connectivity index (χ0v) is 12.6. The van der Waals surface area contributed by atoms with E-state index >= 15 is 0 Å². The second-order valence-corrected chi connectivity index (χ2v) is 6.15. The smallest absolute Gasteiger partial charge is 0.222 e. The molecule has 0 radical (unpaired) electrons. The summed E-state index contributed by atoms with van der Waals surface area (Å²) >= 11 is 1.83. The summed E-state index contributed by atoms with van der Waals surface area (Å²) in [6, 6.07) is 6.82. The number of anilines is 1. The highest BCUT2D eigenvalue weighted by Gasteiger charge is 2.25. The Morgan fingerprint density at radius 2 is 2.35 bits per heavy atom. The first kappa shape index (κ1) is 13.5. The van der Waals surface area contributed by atoms with Crippen molar-refractivity contribution < 1.29 is 0 Å². The van der Waals surface area contributed by atoms with Crippen molar-refractivity contribution in [3.05, 3.63) is 40.3 Å². The highest BCUT2D eigenvalue weighted by molar-refractivity contribution is 7.09. The van der Waals surface area contributed by atoms with Crippen molar-refractivity contribution in [3.63, 3.8) is 0 Å². The van der Waals surface area contributed by atoms with Gasteiger partial charge in [-0.3, -0.25) is 4.90 Å². The number of piperidine rings is 1. The molecule has 1 aliphatic rings. The van der Waals surface area contributed by atoms with Gasteiger partial charge in [0.1, 0.15) is 0 Å². The van der Waals surface area contributed by atoms with E-state index in [1.165, 1.54) is 24.1 Å². The average Bonchev–Trinajstić information content (AvgIpc) is 3.01. The lowest BCUT2D eigenvalue weighted by molar-refractivity contribution is 0.138. The molecule has 4 nitrogen and oxygen atoms in total. The Bertz CT molecular complexity index is 541. The van der Waals surface area contributed by atoms with Gasteiger partial charge in [0.25, 0.3) is 0 Å². The van der Waals surface area contributed by atoms with Gasteiger partial charge in [-0.05, 0) is 36.9 Å². The van der Waals surface area contributed by atoms with Crippen LogP contribution in [0.25, 0.3) is 0 Å². The molecular formula is C15H20N4S. The van der Waals surface area contributed by atoms with E-state index in [2.05, 4.69) is 43.8 Å². The molecule has 2 aromatic heterocycles. The molecule has 0 aromatic carbocycles. The fourth-order valence-electron chi connectivity index (χ4n) is 2.80. The Balaban J connectivity index is 1.80. The van der Waals surface area contributed by atoms with Gasteiger partial charge in [-0.2, -0.15) is 0 Å². The normalized spacial score (nSPS) is 19.9. The van der Waals surface area contributed by atoms with Gasteiger partial charge in [0.15, 0.2) is 0 Å². The lowest BCUT2D eigenvalue weighted by Gasteiger charge is -2.35.